The highest BCUT2D eigenvalue weighted by Crippen LogP contribution is 2.34. The number of benzene rings is 2. The van der Waals surface area contributed by atoms with Crippen molar-refractivity contribution in [2.45, 2.75) is 38.8 Å². The summed E-state index contributed by atoms with van der Waals surface area (Å²) in [5.41, 5.74) is 13.8. The van der Waals surface area contributed by atoms with Crippen molar-refractivity contribution >= 4 is 40.6 Å². The first kappa shape index (κ1) is 26.1. The number of phenolic OH excluding ortho intramolecular Hbond substituents is 1. The lowest BCUT2D eigenvalue weighted by atomic mass is 10.0. The third-order valence-electron chi connectivity index (χ3n) is 6.10. The monoisotopic (exact) mass is 523 g/mol. The Morgan fingerprint density at radius 1 is 1.19 bits per heavy atom. The first-order valence-corrected chi connectivity index (χ1v) is 12.6. The van der Waals surface area contributed by atoms with Crippen LogP contribution < -0.4 is 21.7 Å². The SMILES string of the molecule is Cc1cc(C)cc(N(C(=O)c2snc(C(N)=O)c2N)[C@H](C(=O)NC[C@@H]2CCCO2)c2ccc(O)cc2)c1. The number of nitrogens with two attached hydrogens (primary N) is 2. The Labute approximate surface area is 218 Å². The molecular weight excluding hydrogens is 494 g/mol. The molecule has 4 rings (SSSR count). The van der Waals surface area contributed by atoms with Gasteiger partial charge in [0.2, 0.25) is 5.91 Å². The number of carbonyl (C=O) groups is 3. The Morgan fingerprint density at radius 2 is 1.86 bits per heavy atom. The van der Waals surface area contributed by atoms with Gasteiger partial charge in [-0.25, -0.2) is 0 Å². The van der Waals surface area contributed by atoms with E-state index in [9.17, 15) is 19.5 Å². The molecule has 1 saturated heterocycles. The average Bonchev–Trinajstić information content (AvgIpc) is 3.50. The molecule has 0 spiro atoms. The van der Waals surface area contributed by atoms with Gasteiger partial charge in [-0.15, -0.1) is 0 Å². The predicted octanol–water partition coefficient (Wildman–Crippen LogP) is 2.83. The van der Waals surface area contributed by atoms with Gasteiger partial charge in [-0.05, 0) is 79.2 Å². The predicted molar refractivity (Wildman–Crippen MR) is 141 cm³/mol. The van der Waals surface area contributed by atoms with E-state index in [-0.39, 0.29) is 34.7 Å². The molecule has 0 radical (unpaired) electrons. The summed E-state index contributed by atoms with van der Waals surface area (Å²) in [7, 11) is 0. The number of amides is 3. The van der Waals surface area contributed by atoms with Crippen LogP contribution in [0.1, 0.15) is 55.7 Å². The van der Waals surface area contributed by atoms with Crippen LogP contribution >= 0.6 is 11.5 Å². The lowest BCUT2D eigenvalue weighted by Crippen LogP contribution is -2.45. The van der Waals surface area contributed by atoms with Gasteiger partial charge in [-0.1, -0.05) is 18.2 Å². The molecule has 1 aliphatic heterocycles. The maximum Gasteiger partial charge on any atom is 0.273 e. The number of hydrogen-bond acceptors (Lipinski definition) is 8. The van der Waals surface area contributed by atoms with Crippen molar-refractivity contribution in [2.24, 2.45) is 5.73 Å². The highest BCUT2D eigenvalue weighted by molar-refractivity contribution is 7.09. The highest BCUT2D eigenvalue weighted by Gasteiger charge is 2.36. The number of aromatic hydroxyl groups is 1. The van der Waals surface area contributed by atoms with Gasteiger partial charge in [0.15, 0.2) is 5.69 Å². The van der Waals surface area contributed by atoms with E-state index in [0.717, 1.165) is 35.5 Å². The Morgan fingerprint density at radius 3 is 2.43 bits per heavy atom. The van der Waals surface area contributed by atoms with Crippen LogP contribution in [0.25, 0.3) is 0 Å². The summed E-state index contributed by atoms with van der Waals surface area (Å²) in [6, 6.07) is 10.5. The number of anilines is 2. The van der Waals surface area contributed by atoms with Gasteiger partial charge >= 0.3 is 0 Å². The van der Waals surface area contributed by atoms with Crippen LogP contribution in [0.5, 0.6) is 5.75 Å². The molecule has 194 valence electrons. The first-order chi connectivity index (χ1) is 17.7. The third kappa shape index (κ3) is 5.73. The van der Waals surface area contributed by atoms with Gasteiger partial charge in [0.05, 0.1) is 11.8 Å². The van der Waals surface area contributed by atoms with E-state index in [2.05, 4.69) is 9.69 Å². The number of phenols is 1. The quantitative estimate of drug-likeness (QED) is 0.353. The number of nitrogens with zero attached hydrogens (tertiary/aromatic N) is 2. The second-order valence-corrected chi connectivity index (χ2v) is 9.81. The van der Waals surface area contributed by atoms with Crippen LogP contribution in [0.3, 0.4) is 0 Å². The number of carbonyl (C=O) groups excluding carboxylic acids is 3. The molecule has 1 aromatic heterocycles. The summed E-state index contributed by atoms with van der Waals surface area (Å²) in [6.45, 7) is 4.70. The number of primary amides is 1. The van der Waals surface area contributed by atoms with Crippen LogP contribution in [-0.2, 0) is 9.53 Å². The second-order valence-electron chi connectivity index (χ2n) is 9.03. The van der Waals surface area contributed by atoms with E-state index in [1.54, 1.807) is 24.3 Å². The third-order valence-corrected chi connectivity index (χ3v) is 6.95. The van der Waals surface area contributed by atoms with Crippen molar-refractivity contribution < 1.29 is 24.2 Å². The number of ether oxygens (including phenoxy) is 1. The molecule has 2 aromatic carbocycles. The molecule has 11 heteroatoms. The fourth-order valence-electron chi connectivity index (χ4n) is 4.40. The topological polar surface area (TPSA) is 161 Å². The van der Waals surface area contributed by atoms with Gasteiger partial charge in [-0.3, -0.25) is 19.3 Å². The van der Waals surface area contributed by atoms with E-state index in [1.807, 2.05) is 19.9 Å². The normalized spacial score (nSPS) is 15.8. The van der Waals surface area contributed by atoms with E-state index < -0.39 is 23.8 Å². The second kappa shape index (κ2) is 11.0. The van der Waals surface area contributed by atoms with Crippen molar-refractivity contribution in [1.82, 2.24) is 9.69 Å². The molecule has 2 heterocycles. The fourth-order valence-corrected chi connectivity index (χ4v) is 5.14. The molecule has 0 aliphatic carbocycles. The molecule has 0 bridgehead atoms. The summed E-state index contributed by atoms with van der Waals surface area (Å²) in [5.74, 6) is -1.88. The highest BCUT2D eigenvalue weighted by atomic mass is 32.1. The lowest BCUT2D eigenvalue weighted by Gasteiger charge is -2.32. The van der Waals surface area contributed by atoms with Crippen LogP contribution in [0.2, 0.25) is 0 Å². The van der Waals surface area contributed by atoms with E-state index >= 15 is 0 Å². The molecule has 37 heavy (non-hydrogen) atoms. The molecule has 3 amide bonds. The summed E-state index contributed by atoms with van der Waals surface area (Å²) >= 11 is 0.746. The Balaban J connectivity index is 1.83. The van der Waals surface area contributed by atoms with Gasteiger partial charge in [0, 0.05) is 18.8 Å². The fraction of sp³-hybridized carbons (Fsp3) is 0.308. The number of nitrogens with one attached hydrogen (secondary N) is 1. The summed E-state index contributed by atoms with van der Waals surface area (Å²) in [5, 5.41) is 12.8. The zero-order valence-corrected chi connectivity index (χ0v) is 21.4. The van der Waals surface area contributed by atoms with Gasteiger partial charge in [0.25, 0.3) is 11.8 Å². The zero-order chi connectivity index (χ0) is 26.7. The molecule has 1 aliphatic rings. The van der Waals surface area contributed by atoms with Crippen LogP contribution in [0.4, 0.5) is 11.4 Å². The van der Waals surface area contributed by atoms with E-state index in [1.165, 1.54) is 17.0 Å². The average molecular weight is 524 g/mol. The largest absolute Gasteiger partial charge is 0.508 e. The first-order valence-electron chi connectivity index (χ1n) is 11.8. The summed E-state index contributed by atoms with van der Waals surface area (Å²) < 4.78 is 9.61. The molecule has 0 saturated carbocycles. The number of rotatable bonds is 8. The molecule has 1 fully saturated rings. The number of nitrogen functional groups attached to an aromatic ring is 1. The lowest BCUT2D eigenvalue weighted by molar-refractivity contribution is -0.123. The van der Waals surface area contributed by atoms with Crippen molar-refractivity contribution in [3.05, 3.63) is 69.7 Å². The van der Waals surface area contributed by atoms with Crippen molar-refractivity contribution in [3.8, 4) is 5.75 Å². The van der Waals surface area contributed by atoms with E-state index in [4.69, 9.17) is 16.2 Å². The maximum absolute atomic E-state index is 14.1. The van der Waals surface area contributed by atoms with Crippen molar-refractivity contribution in [2.75, 3.05) is 23.8 Å². The van der Waals surface area contributed by atoms with Crippen molar-refractivity contribution in [1.29, 1.82) is 0 Å². The number of aryl methyl sites for hydroxylation is 2. The van der Waals surface area contributed by atoms with Gasteiger partial charge in [-0.2, -0.15) is 4.37 Å². The Kier molecular flexibility index (Phi) is 7.74. The van der Waals surface area contributed by atoms with Gasteiger partial charge < -0.3 is 26.6 Å². The number of hydrogen-bond donors (Lipinski definition) is 4. The van der Waals surface area contributed by atoms with Crippen molar-refractivity contribution in [3.63, 3.8) is 0 Å². The molecule has 10 nitrogen and oxygen atoms in total. The molecule has 6 N–H and O–H groups in total. The number of aromatic nitrogens is 1. The van der Waals surface area contributed by atoms with Crippen LogP contribution in [0.15, 0.2) is 42.5 Å². The Bertz CT molecular complexity index is 1300. The zero-order valence-electron chi connectivity index (χ0n) is 20.6. The van der Waals surface area contributed by atoms with Crippen LogP contribution in [-0.4, -0.2) is 46.5 Å². The Hall–Kier alpha value is -3.96. The standard InChI is InChI=1S/C26H29N5O5S/c1-14-10-15(2)12-17(11-14)31(26(35)23-20(27)21(24(28)33)30-37-23)22(16-5-7-18(32)8-6-16)25(34)29-13-19-4-3-9-36-19/h5-8,10-12,19,22,32H,3-4,9,13,27H2,1-2H3,(H2,28,33)(H,29,34)/t19-,22-/m0/s1. The minimum atomic E-state index is -1.13. The molecular formula is C26H29N5O5S. The molecule has 3 aromatic rings. The molecule has 2 atom stereocenters. The summed E-state index contributed by atoms with van der Waals surface area (Å²) in [4.78, 5) is 40.9. The van der Waals surface area contributed by atoms with Gasteiger partial charge in [0.1, 0.15) is 16.7 Å². The smallest absolute Gasteiger partial charge is 0.273 e. The maximum atomic E-state index is 14.1. The van der Waals surface area contributed by atoms with E-state index in [0.29, 0.717) is 17.9 Å². The summed E-state index contributed by atoms with van der Waals surface area (Å²) in [6.07, 6.45) is 1.64. The minimum absolute atomic E-state index is 0.0105. The van der Waals surface area contributed by atoms with Crippen LogP contribution in [0, 0.1) is 13.8 Å². The molecule has 0 unspecified atom stereocenters. The minimum Gasteiger partial charge on any atom is -0.508 e.